The van der Waals surface area contributed by atoms with Gasteiger partial charge in [0.05, 0.1) is 55.8 Å². The maximum atomic E-state index is 13.7. The summed E-state index contributed by atoms with van der Waals surface area (Å²) in [5.74, 6) is -1.44. The monoisotopic (exact) mass is 1050 g/mol. The highest BCUT2D eigenvalue weighted by molar-refractivity contribution is 7.13. The van der Waals surface area contributed by atoms with Crippen molar-refractivity contribution in [3.8, 4) is 20.9 Å². The predicted molar refractivity (Wildman–Crippen MR) is 283 cm³/mol. The van der Waals surface area contributed by atoms with Gasteiger partial charge in [0, 0.05) is 57.8 Å². The molecule has 19 heteroatoms. The van der Waals surface area contributed by atoms with E-state index in [2.05, 4.69) is 37.8 Å². The third kappa shape index (κ3) is 13.8. The molecule has 8 rings (SSSR count). The number of thiazole rings is 2. The molecular formula is C55H70N8O9S2. The van der Waals surface area contributed by atoms with Crippen LogP contribution in [0.25, 0.3) is 20.9 Å². The lowest BCUT2D eigenvalue weighted by molar-refractivity contribution is -0.141. The number of likely N-dealkylation sites (tertiary alicyclic amines) is 2. The molecule has 17 nitrogen and oxygen atoms in total. The van der Waals surface area contributed by atoms with Crippen molar-refractivity contribution in [2.75, 3.05) is 19.7 Å². The molecule has 5 N–H and O–H groups in total. The first kappa shape index (κ1) is 55.6. The number of hydrogen-bond donors (Lipinski definition) is 5. The van der Waals surface area contributed by atoms with E-state index in [1.165, 1.54) is 9.80 Å². The van der Waals surface area contributed by atoms with E-state index in [1.54, 1.807) is 28.7 Å². The van der Waals surface area contributed by atoms with Crippen LogP contribution in [0.3, 0.4) is 0 Å². The Morgan fingerprint density at radius 2 is 1.07 bits per heavy atom. The molecule has 2 unspecified atom stereocenters. The molecule has 0 saturated carbocycles. The summed E-state index contributed by atoms with van der Waals surface area (Å²) in [6.07, 6.45) is 2.84. The topological polar surface area (TPSA) is 237 Å². The lowest BCUT2D eigenvalue weighted by Crippen LogP contribution is -2.48. The Kier molecular flexibility index (Phi) is 19.5. The van der Waals surface area contributed by atoms with Crippen LogP contribution in [0.5, 0.6) is 0 Å². The quantitative estimate of drug-likeness (QED) is 0.0498. The number of aromatic nitrogens is 4. The molecular weight excluding hydrogens is 981 g/mol. The summed E-state index contributed by atoms with van der Waals surface area (Å²) in [6.45, 7) is 14.7. The number of amides is 4. The third-order valence-electron chi connectivity index (χ3n) is 13.6. The van der Waals surface area contributed by atoms with E-state index in [-0.39, 0.29) is 68.0 Å². The molecule has 2 aliphatic heterocycles. The fourth-order valence-electron chi connectivity index (χ4n) is 9.56. The molecule has 0 spiro atoms. The number of nitrogens with zero attached hydrogens (tertiary/aromatic N) is 6. The summed E-state index contributed by atoms with van der Waals surface area (Å²) in [5.41, 5.74) is 11.2. The van der Waals surface area contributed by atoms with E-state index in [4.69, 9.17) is 14.2 Å². The van der Waals surface area contributed by atoms with Gasteiger partial charge in [-0.3, -0.25) is 19.2 Å². The SMILES string of the molecule is CCCCc1cc(C(C(=O)N2C[C@H](O)C[C@H]2C(=O)NCc2ccc(-c3scnc3C)cc2)C(C)C)on1.Cc1ncsc1-c1ccc(CNC(=O)[C@@H]2C[C@@H](O)CN2C(=O)C(c2cc(CCCO)no2)C(C)C)cc1. The largest absolute Gasteiger partial charge is 0.396 e. The highest BCUT2D eigenvalue weighted by Crippen LogP contribution is 2.34. The van der Waals surface area contributed by atoms with Crippen molar-refractivity contribution in [3.05, 3.63) is 117 Å². The molecule has 0 aliphatic carbocycles. The summed E-state index contributed by atoms with van der Waals surface area (Å²) < 4.78 is 11.1. The molecule has 2 aliphatic rings. The first-order valence-corrected chi connectivity index (χ1v) is 27.4. The van der Waals surface area contributed by atoms with E-state index in [1.807, 2.05) is 107 Å². The van der Waals surface area contributed by atoms with Crippen molar-refractivity contribution in [2.45, 2.75) is 143 Å². The van der Waals surface area contributed by atoms with Crippen molar-refractivity contribution < 1.29 is 43.5 Å². The number of aliphatic hydroxyl groups excluding tert-OH is 3. The molecule has 2 aromatic carbocycles. The number of carbonyl (C=O) groups is 4. The van der Waals surface area contributed by atoms with Crippen molar-refractivity contribution in [2.24, 2.45) is 11.8 Å². The number of benzene rings is 2. The second-order valence-corrected chi connectivity index (χ2v) is 21.7. The van der Waals surface area contributed by atoms with Crippen LogP contribution in [0.1, 0.15) is 124 Å². The van der Waals surface area contributed by atoms with Gasteiger partial charge in [-0.25, -0.2) is 9.97 Å². The minimum absolute atomic E-state index is 0.0487. The molecule has 0 radical (unpaired) electrons. The molecule has 4 aromatic heterocycles. The van der Waals surface area contributed by atoms with Crippen LogP contribution < -0.4 is 10.6 Å². The second-order valence-electron chi connectivity index (χ2n) is 20.0. The van der Waals surface area contributed by atoms with Crippen molar-refractivity contribution in [1.82, 2.24) is 40.7 Å². The van der Waals surface area contributed by atoms with Crippen molar-refractivity contribution in [3.63, 3.8) is 0 Å². The predicted octanol–water partition coefficient (Wildman–Crippen LogP) is 7.52. The fraction of sp³-hybridized carbons (Fsp3) is 0.491. The Balaban J connectivity index is 0.000000216. The average molecular weight is 1050 g/mol. The van der Waals surface area contributed by atoms with Crippen molar-refractivity contribution in [1.29, 1.82) is 0 Å². The Morgan fingerprint density at radius 3 is 1.42 bits per heavy atom. The maximum absolute atomic E-state index is 13.7. The minimum atomic E-state index is -0.774. The lowest BCUT2D eigenvalue weighted by Gasteiger charge is -2.28. The van der Waals surface area contributed by atoms with E-state index in [9.17, 15) is 29.4 Å². The number of unbranched alkanes of at least 4 members (excludes halogenated alkanes) is 1. The van der Waals surface area contributed by atoms with Crippen LogP contribution in [-0.4, -0.2) is 113 Å². The van der Waals surface area contributed by atoms with Crippen LogP contribution in [0, 0.1) is 25.7 Å². The minimum Gasteiger partial charge on any atom is -0.396 e. The van der Waals surface area contributed by atoms with Crippen molar-refractivity contribution >= 4 is 46.3 Å². The van der Waals surface area contributed by atoms with E-state index < -0.39 is 36.1 Å². The molecule has 2 fully saturated rings. The van der Waals surface area contributed by atoms with Gasteiger partial charge in [0.15, 0.2) is 0 Å². The molecule has 0 bridgehead atoms. The van der Waals surface area contributed by atoms with Gasteiger partial charge in [0.1, 0.15) is 35.4 Å². The fourth-order valence-corrected chi connectivity index (χ4v) is 11.2. The summed E-state index contributed by atoms with van der Waals surface area (Å²) >= 11 is 3.19. The van der Waals surface area contributed by atoms with Gasteiger partial charge in [-0.15, -0.1) is 22.7 Å². The van der Waals surface area contributed by atoms with Crippen LogP contribution in [0.15, 0.2) is 80.7 Å². The standard InChI is InChI=1S/C28H36N4O4S.C27H34N4O5S/c1-5-6-7-21-12-24(36-31-21)25(17(2)3)28(35)32-15-22(33)13-23(32)27(34)29-14-19-8-10-20(11-9-19)26-18(4)30-16-37-26;1-16(2)24(23-11-20(30-36-23)5-4-10-32)27(35)31-14-21(33)12-22(31)26(34)28-13-18-6-8-19(9-7-18)25-17(3)29-15-37-25/h8-12,16-17,22-23,25,33H,5-7,13-15H2,1-4H3,(H,29,34);6-9,11,15-16,21-22,24,32-33H,4-5,10,12-14H2,1-3H3,(H,28,34)/t22-,23+,25?;21-,22+,24?/m11/s1. The zero-order valence-corrected chi connectivity index (χ0v) is 45.0. The van der Waals surface area contributed by atoms with Crippen LogP contribution in [0.4, 0.5) is 0 Å². The van der Waals surface area contributed by atoms with E-state index in [0.717, 1.165) is 68.4 Å². The number of rotatable bonds is 20. The lowest BCUT2D eigenvalue weighted by atomic mass is 9.91. The number of β-amino-alcohol motifs (C(OH)–C–C–N with tert-alkyl or cyclic N) is 2. The Morgan fingerprint density at radius 1 is 0.662 bits per heavy atom. The molecule has 2 saturated heterocycles. The summed E-state index contributed by atoms with van der Waals surface area (Å²) in [6, 6.07) is 18.1. The van der Waals surface area contributed by atoms with Gasteiger partial charge in [-0.1, -0.05) is 99.9 Å². The summed E-state index contributed by atoms with van der Waals surface area (Å²) in [4.78, 5) is 67.4. The smallest absolute Gasteiger partial charge is 0.243 e. The number of aryl methyl sites for hydroxylation is 4. The summed E-state index contributed by atoms with van der Waals surface area (Å²) in [7, 11) is 0. The number of nitrogens with one attached hydrogen (secondary N) is 2. The molecule has 4 amide bonds. The average Bonchev–Trinajstić information content (AvgIpc) is 4.27. The third-order valence-corrected chi connectivity index (χ3v) is 15.6. The van der Waals surface area contributed by atoms with Crippen LogP contribution in [-0.2, 0) is 45.1 Å². The maximum Gasteiger partial charge on any atom is 0.243 e. The van der Waals surface area contributed by atoms with Gasteiger partial charge in [-0.2, -0.15) is 0 Å². The van der Waals surface area contributed by atoms with Gasteiger partial charge in [0.2, 0.25) is 23.6 Å². The molecule has 74 heavy (non-hydrogen) atoms. The zero-order chi connectivity index (χ0) is 53.1. The van der Waals surface area contributed by atoms with Gasteiger partial charge in [-0.05, 0) is 73.6 Å². The van der Waals surface area contributed by atoms with Gasteiger partial charge >= 0.3 is 0 Å². The second kappa shape index (κ2) is 25.9. The van der Waals surface area contributed by atoms with Crippen LogP contribution >= 0.6 is 22.7 Å². The normalized spacial score (nSPS) is 18.4. The molecule has 396 valence electrons. The first-order valence-electron chi connectivity index (χ1n) is 25.6. The van der Waals surface area contributed by atoms with Gasteiger partial charge in [0.25, 0.3) is 0 Å². The van der Waals surface area contributed by atoms with E-state index >= 15 is 0 Å². The summed E-state index contributed by atoms with van der Waals surface area (Å²) in [5, 5.41) is 43.9. The Bertz CT molecular complexity index is 2600. The van der Waals surface area contributed by atoms with Gasteiger partial charge < -0.3 is 44.8 Å². The molecule has 6 heterocycles. The number of carbonyl (C=O) groups excluding carboxylic acids is 4. The molecule has 6 aromatic rings. The zero-order valence-electron chi connectivity index (χ0n) is 43.3. The highest BCUT2D eigenvalue weighted by Gasteiger charge is 2.44. The highest BCUT2D eigenvalue weighted by atomic mass is 32.1. The number of hydrogen-bond acceptors (Lipinski definition) is 15. The Hall–Kier alpha value is -6.12. The van der Waals surface area contributed by atoms with E-state index in [0.29, 0.717) is 43.1 Å². The van der Waals surface area contributed by atoms with Crippen LogP contribution in [0.2, 0.25) is 0 Å². The Labute approximate surface area is 440 Å². The first-order chi connectivity index (χ1) is 35.6. The number of aliphatic hydroxyl groups is 3. The molecule has 6 atom stereocenters.